The first-order chi connectivity index (χ1) is 22.0. The van der Waals surface area contributed by atoms with Crippen LogP contribution in [0, 0.1) is 6.92 Å². The molecule has 0 aliphatic carbocycles. The summed E-state index contributed by atoms with van der Waals surface area (Å²) < 4.78 is 9.99. The van der Waals surface area contributed by atoms with Crippen LogP contribution in [-0.4, -0.2) is 120 Å². The van der Waals surface area contributed by atoms with Gasteiger partial charge in [-0.2, -0.15) is 0 Å². The van der Waals surface area contributed by atoms with E-state index in [0.717, 1.165) is 18.4 Å². The van der Waals surface area contributed by atoms with Crippen LogP contribution < -0.4 is 10.2 Å². The van der Waals surface area contributed by atoms with Gasteiger partial charge in [0.25, 0.3) is 0 Å². The Morgan fingerprint density at radius 1 is 1.11 bits per heavy atom. The number of aryl methyl sites for hydroxylation is 1. The summed E-state index contributed by atoms with van der Waals surface area (Å²) in [6.07, 6.45) is 1.16. The Balaban J connectivity index is 1.48. The van der Waals surface area contributed by atoms with Crippen molar-refractivity contribution >= 4 is 61.0 Å². The molecular formula is C31H40AsN5O9. The molecule has 2 saturated heterocycles. The van der Waals surface area contributed by atoms with Crippen molar-refractivity contribution in [1.29, 1.82) is 0 Å². The molecular weight excluding hydrogens is 661 g/mol. The predicted molar refractivity (Wildman–Crippen MR) is 168 cm³/mol. The number of fused-ring (bicyclic) bond motifs is 1. The van der Waals surface area contributed by atoms with Gasteiger partial charge in [0.1, 0.15) is 0 Å². The van der Waals surface area contributed by atoms with Crippen LogP contribution in [0.4, 0.5) is 4.79 Å². The van der Waals surface area contributed by atoms with E-state index in [1.165, 1.54) is 11.1 Å². The molecule has 3 atom stereocenters. The molecule has 14 nitrogen and oxygen atoms in total. The Morgan fingerprint density at radius 2 is 1.83 bits per heavy atom. The summed E-state index contributed by atoms with van der Waals surface area (Å²) in [6.45, 7) is 6.62. The van der Waals surface area contributed by atoms with E-state index in [9.17, 15) is 33.9 Å². The fourth-order valence-corrected chi connectivity index (χ4v) is 7.68. The number of piperazine rings is 1. The van der Waals surface area contributed by atoms with Gasteiger partial charge in [0, 0.05) is 0 Å². The Labute approximate surface area is 273 Å². The first-order valence-corrected chi connectivity index (χ1v) is 17.6. The number of ether oxygens (including phenoxy) is 2. The monoisotopic (exact) mass is 701 g/mol. The van der Waals surface area contributed by atoms with Crippen LogP contribution in [0.1, 0.15) is 62.0 Å². The molecule has 15 heteroatoms. The molecule has 0 spiro atoms. The Morgan fingerprint density at radius 3 is 2.48 bits per heavy atom. The third-order valence-corrected chi connectivity index (χ3v) is 10.7. The number of carboxylic acids is 1. The van der Waals surface area contributed by atoms with Gasteiger partial charge in [-0.25, -0.2) is 0 Å². The summed E-state index contributed by atoms with van der Waals surface area (Å²) in [5.41, 5.74) is 3.94. The number of hydrogen-bond acceptors (Lipinski definition) is 9. The molecule has 0 radical (unpaired) electrons. The zero-order chi connectivity index (χ0) is 33.4. The van der Waals surface area contributed by atoms with E-state index < -0.39 is 38.4 Å². The first kappa shape index (κ1) is 34.7. The van der Waals surface area contributed by atoms with Gasteiger partial charge in [-0.05, 0) is 0 Å². The van der Waals surface area contributed by atoms with Crippen molar-refractivity contribution in [3.05, 3.63) is 35.5 Å². The first-order valence-electron chi connectivity index (χ1n) is 15.4. The number of pyridine rings is 1. The zero-order valence-electron chi connectivity index (χ0n) is 26.2. The molecule has 248 valence electrons. The summed E-state index contributed by atoms with van der Waals surface area (Å²) in [7, 11) is 0. The molecule has 4 amide bonds. The average Bonchev–Trinajstić information content (AvgIpc) is 3.38. The standard InChI is InChI=1S/C31H40AsN5O9/c1-4-5-14-45-31(44)36-12-10-35(11-13-36)30(43)22(8-9-28(40)41)32-29(42)24-17-25(21-7-6-19(2)15-23(21)33-24)46-18-27(39)37-20(3)16-26(38)34-37/h6-7,15,17,20,22,32H,4-5,8-14,16,18H2,1-3H3,(H,34,38)(H,40,41). The maximum atomic E-state index is 13.7. The average molecular weight is 702 g/mol. The number of nitrogens with one attached hydrogen (secondary N) is 1. The quantitative estimate of drug-likeness (QED) is 0.232. The predicted octanol–water partition coefficient (Wildman–Crippen LogP) is 1.88. The van der Waals surface area contributed by atoms with Gasteiger partial charge in [0.2, 0.25) is 0 Å². The summed E-state index contributed by atoms with van der Waals surface area (Å²) in [6, 6.07) is 6.53. The van der Waals surface area contributed by atoms with Gasteiger partial charge in [-0.1, -0.05) is 0 Å². The van der Waals surface area contributed by atoms with Crippen molar-refractivity contribution in [2.45, 2.75) is 63.6 Å². The third kappa shape index (κ3) is 8.96. The molecule has 2 aliphatic rings. The van der Waals surface area contributed by atoms with Gasteiger partial charge in [-0.15, -0.1) is 0 Å². The zero-order valence-corrected chi connectivity index (χ0v) is 28.3. The molecule has 2 aromatic rings. The van der Waals surface area contributed by atoms with Gasteiger partial charge in [0.15, 0.2) is 0 Å². The number of aromatic nitrogens is 1. The molecule has 2 aliphatic heterocycles. The number of aliphatic carboxylic acids is 1. The van der Waals surface area contributed by atoms with Crippen molar-refractivity contribution in [3.8, 4) is 5.75 Å². The van der Waals surface area contributed by atoms with E-state index in [1.807, 2.05) is 19.9 Å². The number of carbonyl (C=O) groups is 6. The number of unbranched alkanes of at least 4 members (excludes halogenated alkanes) is 1. The second-order valence-corrected chi connectivity index (χ2v) is 14.4. The molecule has 2 N–H and O–H groups in total. The number of benzene rings is 1. The molecule has 46 heavy (non-hydrogen) atoms. The number of rotatable bonds is 13. The van der Waals surface area contributed by atoms with E-state index in [-0.39, 0.29) is 85.9 Å². The summed E-state index contributed by atoms with van der Waals surface area (Å²) in [4.78, 5) is 83.2. The van der Waals surface area contributed by atoms with Crippen LogP contribution >= 0.6 is 0 Å². The van der Waals surface area contributed by atoms with Crippen LogP contribution in [-0.2, 0) is 23.9 Å². The molecule has 3 heterocycles. The molecule has 3 unspecified atom stereocenters. The Hall–Kier alpha value is -4.19. The second kappa shape index (κ2) is 15.9. The van der Waals surface area contributed by atoms with Crippen molar-refractivity contribution in [1.82, 2.24) is 25.2 Å². The van der Waals surface area contributed by atoms with Crippen LogP contribution in [0.5, 0.6) is 5.75 Å². The van der Waals surface area contributed by atoms with E-state index in [1.54, 1.807) is 28.9 Å². The Bertz CT molecular complexity index is 1490. The fraction of sp³-hybridized carbons (Fsp3) is 0.516. The van der Waals surface area contributed by atoms with Crippen LogP contribution in [0.25, 0.3) is 10.9 Å². The second-order valence-electron chi connectivity index (χ2n) is 11.4. The number of nitrogens with zero attached hydrogens (tertiary/aromatic N) is 4. The Kier molecular flexibility index (Phi) is 12.0. The van der Waals surface area contributed by atoms with Gasteiger partial charge in [-0.3, -0.25) is 0 Å². The fourth-order valence-electron chi connectivity index (χ4n) is 5.19. The molecule has 2 fully saturated rings. The molecule has 1 aromatic carbocycles. The van der Waals surface area contributed by atoms with Gasteiger partial charge < -0.3 is 0 Å². The van der Waals surface area contributed by atoms with Crippen molar-refractivity contribution < 1.29 is 43.3 Å². The number of amides is 4. The third-order valence-electron chi connectivity index (χ3n) is 7.77. The molecule has 0 saturated carbocycles. The SMILES string of the molecule is CCCCOC(=O)N1CCN(C(=O)C(CCC(=O)O)[AsH]C(=O)c2cc(OCC(=O)N3NC(=O)CC3C)c3ccc(C)cc3n2)CC1. The van der Waals surface area contributed by atoms with E-state index >= 15 is 0 Å². The summed E-state index contributed by atoms with van der Waals surface area (Å²) in [5, 5.41) is 11.2. The normalized spacial score (nSPS) is 17.3. The van der Waals surface area contributed by atoms with Gasteiger partial charge in [0.05, 0.1) is 0 Å². The molecule has 1 aromatic heterocycles. The van der Waals surface area contributed by atoms with Crippen LogP contribution in [0.2, 0.25) is 4.71 Å². The van der Waals surface area contributed by atoms with E-state index in [2.05, 4.69) is 10.4 Å². The van der Waals surface area contributed by atoms with Crippen LogP contribution in [0.3, 0.4) is 0 Å². The minimum absolute atomic E-state index is 0.00344. The minimum atomic E-state index is -1.75. The van der Waals surface area contributed by atoms with Crippen molar-refractivity contribution in [2.75, 3.05) is 39.4 Å². The van der Waals surface area contributed by atoms with Crippen molar-refractivity contribution in [3.63, 3.8) is 0 Å². The van der Waals surface area contributed by atoms with E-state index in [4.69, 9.17) is 9.47 Å². The number of hydrazine groups is 1. The topological polar surface area (TPSA) is 176 Å². The summed E-state index contributed by atoms with van der Waals surface area (Å²) >= 11 is -1.75. The number of hydrogen-bond donors (Lipinski definition) is 2. The molecule has 0 bridgehead atoms. The molecule has 4 rings (SSSR count). The number of carbonyl (C=O) groups excluding carboxylic acids is 5. The van der Waals surface area contributed by atoms with Gasteiger partial charge >= 0.3 is 274 Å². The van der Waals surface area contributed by atoms with Crippen LogP contribution in [0.15, 0.2) is 24.3 Å². The van der Waals surface area contributed by atoms with Crippen molar-refractivity contribution in [2.24, 2.45) is 0 Å². The van der Waals surface area contributed by atoms with E-state index in [0.29, 0.717) is 17.5 Å². The number of carboxylic acid groups (broad SMARTS) is 1. The summed E-state index contributed by atoms with van der Waals surface area (Å²) in [5.74, 6) is -1.84. The maximum absolute atomic E-state index is 13.7.